The first-order chi connectivity index (χ1) is 15.0. The molecule has 0 heterocycles. The Kier molecular flexibility index (Phi) is 11.3. The largest absolute Gasteiger partial charge is 0.462 e. The van der Waals surface area contributed by atoms with E-state index >= 15 is 0 Å². The van der Waals surface area contributed by atoms with E-state index in [0.717, 1.165) is 19.3 Å². The van der Waals surface area contributed by atoms with E-state index in [1.54, 1.807) is 7.11 Å². The molecule has 1 fully saturated rings. The summed E-state index contributed by atoms with van der Waals surface area (Å²) in [6.45, 7) is 8.61. The summed E-state index contributed by atoms with van der Waals surface area (Å²) in [5.41, 5.74) is 4.64. The Morgan fingerprint density at radius 2 is 1.87 bits per heavy atom. The van der Waals surface area contributed by atoms with Gasteiger partial charge in [-0.3, -0.25) is 0 Å². The molecule has 174 valence electrons. The van der Waals surface area contributed by atoms with Crippen LogP contribution in [0.2, 0.25) is 0 Å². The molecule has 0 radical (unpaired) electrons. The van der Waals surface area contributed by atoms with Crippen LogP contribution in [-0.2, 0) is 27.1 Å². The van der Waals surface area contributed by atoms with Crippen molar-refractivity contribution < 1.29 is 19.4 Å². The quantitative estimate of drug-likeness (QED) is 0.251. The van der Waals surface area contributed by atoms with E-state index in [1.165, 1.54) is 55.2 Å². The van der Waals surface area contributed by atoms with Gasteiger partial charge in [-0.15, -0.1) is 0 Å². The van der Waals surface area contributed by atoms with Gasteiger partial charge < -0.3 is 14.6 Å². The fraction of sp³-hybridized carbons (Fsp3) is 0.667. The van der Waals surface area contributed by atoms with Crippen molar-refractivity contribution in [1.82, 2.24) is 0 Å². The monoisotopic (exact) mass is 430 g/mol. The fourth-order valence-electron chi connectivity index (χ4n) is 4.85. The number of carbonyl (C=O) groups excluding carboxylic acids is 1. The normalized spacial score (nSPS) is 19.7. The number of aliphatic hydroxyl groups excluding tert-OH is 1. The molecule has 0 amide bonds. The summed E-state index contributed by atoms with van der Waals surface area (Å²) in [4.78, 5) is 11.9. The molecule has 1 aromatic rings. The second-order valence-corrected chi connectivity index (χ2v) is 9.03. The van der Waals surface area contributed by atoms with Gasteiger partial charge in [-0.05, 0) is 73.5 Å². The number of methoxy groups -OCH3 is 1. The van der Waals surface area contributed by atoms with Crippen LogP contribution >= 0.6 is 0 Å². The number of esters is 1. The minimum Gasteiger partial charge on any atom is -0.462 e. The molecule has 31 heavy (non-hydrogen) atoms. The number of unbranched alkanes of at least 4 members (excludes halogenated alkanes) is 2. The molecule has 1 aliphatic rings. The zero-order valence-electron chi connectivity index (χ0n) is 19.8. The Morgan fingerprint density at radius 1 is 1.13 bits per heavy atom. The Bertz CT molecular complexity index is 688. The van der Waals surface area contributed by atoms with Gasteiger partial charge in [0.1, 0.15) is 0 Å². The molecule has 4 nitrogen and oxygen atoms in total. The van der Waals surface area contributed by atoms with Crippen LogP contribution < -0.4 is 0 Å². The SMILES string of the molecule is C=C(CO)C(=O)OCC(COC)C1CCC(c2ccc(CCCCC)c(CC)c2)CC1. The molecule has 1 unspecified atom stereocenters. The van der Waals surface area contributed by atoms with Gasteiger partial charge in [0.2, 0.25) is 0 Å². The van der Waals surface area contributed by atoms with Crippen LogP contribution in [0.4, 0.5) is 0 Å². The summed E-state index contributed by atoms with van der Waals surface area (Å²) >= 11 is 0. The van der Waals surface area contributed by atoms with Crippen molar-refractivity contribution in [2.75, 3.05) is 26.9 Å². The van der Waals surface area contributed by atoms with Gasteiger partial charge in [-0.25, -0.2) is 4.79 Å². The second kappa shape index (κ2) is 13.7. The van der Waals surface area contributed by atoms with Crippen LogP contribution in [-0.4, -0.2) is 38.0 Å². The zero-order chi connectivity index (χ0) is 22.6. The highest BCUT2D eigenvalue weighted by Crippen LogP contribution is 2.39. The number of aliphatic hydroxyl groups is 1. The predicted molar refractivity (Wildman–Crippen MR) is 126 cm³/mol. The number of hydrogen-bond donors (Lipinski definition) is 1. The molecular weight excluding hydrogens is 388 g/mol. The Morgan fingerprint density at radius 3 is 2.48 bits per heavy atom. The maximum Gasteiger partial charge on any atom is 0.335 e. The molecule has 1 aromatic carbocycles. The van der Waals surface area contributed by atoms with Crippen molar-refractivity contribution in [3.05, 3.63) is 47.0 Å². The minimum absolute atomic E-state index is 0.102. The van der Waals surface area contributed by atoms with E-state index in [-0.39, 0.29) is 18.1 Å². The molecule has 1 aliphatic carbocycles. The lowest BCUT2D eigenvalue weighted by Crippen LogP contribution is -2.29. The molecule has 4 heteroatoms. The van der Waals surface area contributed by atoms with Gasteiger partial charge in [0, 0.05) is 13.0 Å². The summed E-state index contributed by atoms with van der Waals surface area (Å²) < 4.78 is 10.8. The van der Waals surface area contributed by atoms with E-state index in [2.05, 4.69) is 38.6 Å². The summed E-state index contributed by atoms with van der Waals surface area (Å²) in [5.74, 6) is 0.786. The maximum atomic E-state index is 11.9. The first kappa shape index (κ1) is 25.6. The number of hydrogen-bond acceptors (Lipinski definition) is 4. The average molecular weight is 431 g/mol. The van der Waals surface area contributed by atoms with Crippen molar-refractivity contribution in [2.24, 2.45) is 11.8 Å². The van der Waals surface area contributed by atoms with Crippen molar-refractivity contribution in [3.8, 4) is 0 Å². The number of carbonyl (C=O) groups is 1. The lowest BCUT2D eigenvalue weighted by atomic mass is 9.73. The van der Waals surface area contributed by atoms with E-state index in [9.17, 15) is 4.79 Å². The predicted octanol–water partition coefficient (Wildman–Crippen LogP) is 5.61. The van der Waals surface area contributed by atoms with Gasteiger partial charge in [-0.2, -0.15) is 0 Å². The highest BCUT2D eigenvalue weighted by Gasteiger charge is 2.29. The van der Waals surface area contributed by atoms with Crippen LogP contribution in [0.1, 0.15) is 81.4 Å². The number of benzene rings is 1. The van der Waals surface area contributed by atoms with Crippen LogP contribution in [0.3, 0.4) is 0 Å². The minimum atomic E-state index is -0.511. The van der Waals surface area contributed by atoms with E-state index in [0.29, 0.717) is 25.0 Å². The van der Waals surface area contributed by atoms with Crippen molar-refractivity contribution >= 4 is 5.97 Å². The lowest BCUT2D eigenvalue weighted by Gasteiger charge is -2.34. The highest BCUT2D eigenvalue weighted by molar-refractivity contribution is 5.87. The lowest BCUT2D eigenvalue weighted by molar-refractivity contribution is -0.142. The van der Waals surface area contributed by atoms with E-state index < -0.39 is 5.97 Å². The Hall–Kier alpha value is -1.65. The third kappa shape index (κ3) is 7.76. The second-order valence-electron chi connectivity index (χ2n) is 9.03. The van der Waals surface area contributed by atoms with Gasteiger partial charge in [0.15, 0.2) is 0 Å². The molecule has 0 bridgehead atoms. The first-order valence-electron chi connectivity index (χ1n) is 12.1. The molecule has 1 atom stereocenters. The van der Waals surface area contributed by atoms with Crippen molar-refractivity contribution in [2.45, 2.75) is 77.6 Å². The standard InChI is InChI=1S/C27H42O4/c1-5-7-8-9-22-14-15-25(16-21(22)6-2)23-10-12-24(13-11-23)26(18-30-4)19-31-27(29)20(3)17-28/h14-16,23-24,26,28H,3,5-13,17-19H2,1-2,4H3. The van der Waals surface area contributed by atoms with E-state index in [4.69, 9.17) is 14.6 Å². The molecule has 0 aromatic heterocycles. The first-order valence-corrected chi connectivity index (χ1v) is 12.1. The van der Waals surface area contributed by atoms with Gasteiger partial charge in [-0.1, -0.05) is 51.5 Å². The smallest absolute Gasteiger partial charge is 0.335 e. The van der Waals surface area contributed by atoms with Crippen molar-refractivity contribution in [1.29, 1.82) is 0 Å². The maximum absolute atomic E-state index is 11.9. The highest BCUT2D eigenvalue weighted by atomic mass is 16.5. The number of ether oxygens (including phenoxy) is 2. The van der Waals surface area contributed by atoms with Crippen LogP contribution in [0.25, 0.3) is 0 Å². The molecule has 2 rings (SSSR count). The average Bonchev–Trinajstić information content (AvgIpc) is 2.81. The van der Waals surface area contributed by atoms with Gasteiger partial charge in [0.25, 0.3) is 0 Å². The molecule has 0 saturated heterocycles. The van der Waals surface area contributed by atoms with E-state index in [1.807, 2.05) is 0 Å². The van der Waals surface area contributed by atoms with Crippen molar-refractivity contribution in [3.63, 3.8) is 0 Å². The van der Waals surface area contributed by atoms with Gasteiger partial charge >= 0.3 is 5.97 Å². The Balaban J connectivity index is 1.93. The summed E-state index contributed by atoms with van der Waals surface area (Å²) in [7, 11) is 1.70. The molecule has 0 spiro atoms. The molecule has 1 saturated carbocycles. The fourth-order valence-corrected chi connectivity index (χ4v) is 4.85. The third-order valence-electron chi connectivity index (χ3n) is 6.86. The molecule has 1 N–H and O–H groups in total. The number of aryl methyl sites for hydroxylation is 2. The third-order valence-corrected chi connectivity index (χ3v) is 6.86. The zero-order valence-corrected chi connectivity index (χ0v) is 19.8. The molecular formula is C27H42O4. The molecule has 0 aliphatic heterocycles. The topological polar surface area (TPSA) is 55.8 Å². The number of rotatable bonds is 13. The van der Waals surface area contributed by atoms with Crippen LogP contribution in [0.5, 0.6) is 0 Å². The van der Waals surface area contributed by atoms with Gasteiger partial charge in [0.05, 0.1) is 25.4 Å². The summed E-state index contributed by atoms with van der Waals surface area (Å²) in [6, 6.07) is 7.19. The van der Waals surface area contributed by atoms with Crippen LogP contribution in [0.15, 0.2) is 30.4 Å². The summed E-state index contributed by atoms with van der Waals surface area (Å²) in [6.07, 6.45) is 10.7. The van der Waals surface area contributed by atoms with Crippen LogP contribution in [0, 0.1) is 11.8 Å². The Labute approximate surface area is 189 Å². The summed E-state index contributed by atoms with van der Waals surface area (Å²) in [5, 5.41) is 9.04.